The Balaban J connectivity index is 3.01. The molecule has 0 N–H and O–H groups in total. The standard InChI is InChI=1S/C12H8F3NO2/c1-7(17)9-6-8-4-2-3-5-10(8)16(11(9)18)12(13,14)15/h2-6H,1H3. The normalized spacial score (nSPS) is 11.8. The van der Waals surface area contributed by atoms with E-state index in [9.17, 15) is 22.8 Å². The third-order valence-corrected chi connectivity index (χ3v) is 2.54. The summed E-state index contributed by atoms with van der Waals surface area (Å²) in [5.41, 5.74) is -2.07. The van der Waals surface area contributed by atoms with Gasteiger partial charge in [0.15, 0.2) is 5.78 Å². The van der Waals surface area contributed by atoms with Crippen LogP contribution in [0, 0.1) is 0 Å². The van der Waals surface area contributed by atoms with Crippen molar-refractivity contribution >= 4 is 16.7 Å². The highest BCUT2D eigenvalue weighted by atomic mass is 19.4. The maximum atomic E-state index is 12.9. The first kappa shape index (κ1) is 12.3. The Morgan fingerprint density at radius 2 is 1.83 bits per heavy atom. The van der Waals surface area contributed by atoms with Crippen molar-refractivity contribution in [2.24, 2.45) is 0 Å². The lowest BCUT2D eigenvalue weighted by atomic mass is 10.1. The lowest BCUT2D eigenvalue weighted by Gasteiger charge is -2.14. The number of para-hydroxylation sites is 1. The number of nitrogens with zero attached hydrogens (tertiary/aromatic N) is 1. The number of aromatic nitrogens is 1. The predicted octanol–water partition coefficient (Wildman–Crippen LogP) is 2.68. The van der Waals surface area contributed by atoms with Gasteiger partial charge >= 0.3 is 6.30 Å². The highest BCUT2D eigenvalue weighted by molar-refractivity contribution is 5.97. The van der Waals surface area contributed by atoms with Gasteiger partial charge in [-0.25, -0.2) is 4.57 Å². The van der Waals surface area contributed by atoms with Gasteiger partial charge in [-0.05, 0) is 24.4 Å². The Bertz CT molecular complexity index is 686. The zero-order valence-electron chi connectivity index (χ0n) is 9.28. The van der Waals surface area contributed by atoms with Crippen molar-refractivity contribution in [1.29, 1.82) is 0 Å². The lowest BCUT2D eigenvalue weighted by Crippen LogP contribution is -2.34. The van der Waals surface area contributed by atoms with Gasteiger partial charge in [0.25, 0.3) is 5.56 Å². The van der Waals surface area contributed by atoms with Crippen LogP contribution in [0.15, 0.2) is 35.1 Å². The van der Waals surface area contributed by atoms with Crippen molar-refractivity contribution in [2.75, 3.05) is 0 Å². The summed E-state index contributed by atoms with van der Waals surface area (Å²) in [4.78, 5) is 22.9. The Labute approximate surface area is 99.5 Å². The summed E-state index contributed by atoms with van der Waals surface area (Å²) in [5, 5.41) is 0.194. The molecule has 1 heterocycles. The second-order valence-electron chi connectivity index (χ2n) is 3.78. The highest BCUT2D eigenvalue weighted by Crippen LogP contribution is 2.25. The fourth-order valence-electron chi connectivity index (χ4n) is 1.76. The molecule has 1 aromatic heterocycles. The summed E-state index contributed by atoms with van der Waals surface area (Å²) in [7, 11) is 0. The number of halogens is 3. The molecule has 0 aliphatic carbocycles. The number of benzene rings is 1. The summed E-state index contributed by atoms with van der Waals surface area (Å²) in [6.07, 6.45) is -4.86. The molecule has 0 bridgehead atoms. The van der Waals surface area contributed by atoms with Gasteiger partial charge in [-0.2, -0.15) is 0 Å². The average molecular weight is 255 g/mol. The van der Waals surface area contributed by atoms with E-state index < -0.39 is 23.2 Å². The summed E-state index contributed by atoms with van der Waals surface area (Å²) in [5.74, 6) is -0.691. The zero-order chi connectivity index (χ0) is 13.5. The van der Waals surface area contributed by atoms with Crippen LogP contribution in [0.2, 0.25) is 0 Å². The van der Waals surface area contributed by atoms with Crippen LogP contribution in [-0.2, 0) is 6.30 Å². The minimum absolute atomic E-state index is 0.194. The molecule has 0 radical (unpaired) electrons. The topological polar surface area (TPSA) is 39.1 Å². The molecule has 0 amide bonds. The molecular formula is C12H8F3NO2. The first-order valence-corrected chi connectivity index (χ1v) is 5.05. The van der Waals surface area contributed by atoms with E-state index in [0.29, 0.717) is 0 Å². The molecule has 6 heteroatoms. The molecular weight excluding hydrogens is 247 g/mol. The van der Waals surface area contributed by atoms with Gasteiger partial charge in [0.1, 0.15) is 0 Å². The van der Waals surface area contributed by atoms with Crippen LogP contribution in [0.1, 0.15) is 17.3 Å². The number of carbonyl (C=O) groups excluding carboxylic acids is 1. The van der Waals surface area contributed by atoms with E-state index in [0.717, 1.165) is 6.92 Å². The molecule has 0 saturated carbocycles. The van der Waals surface area contributed by atoms with Gasteiger partial charge in [0.2, 0.25) is 0 Å². The molecule has 0 saturated heterocycles. The molecule has 94 valence electrons. The van der Waals surface area contributed by atoms with Crippen molar-refractivity contribution in [3.63, 3.8) is 0 Å². The quantitative estimate of drug-likeness (QED) is 0.735. The number of ketones is 1. The third-order valence-electron chi connectivity index (χ3n) is 2.54. The summed E-state index contributed by atoms with van der Waals surface area (Å²) in [6.45, 7) is 1.06. The molecule has 0 aliphatic heterocycles. The molecule has 0 unspecified atom stereocenters. The van der Waals surface area contributed by atoms with Gasteiger partial charge < -0.3 is 0 Å². The molecule has 0 fully saturated rings. The summed E-state index contributed by atoms with van der Waals surface area (Å²) in [6, 6.07) is 6.73. The van der Waals surface area contributed by atoms with Crippen molar-refractivity contribution < 1.29 is 18.0 Å². The fourth-order valence-corrected chi connectivity index (χ4v) is 1.76. The Morgan fingerprint density at radius 1 is 1.22 bits per heavy atom. The monoisotopic (exact) mass is 255 g/mol. The van der Waals surface area contributed by atoms with Crippen molar-refractivity contribution in [3.8, 4) is 0 Å². The van der Waals surface area contributed by atoms with Crippen LogP contribution in [0.4, 0.5) is 13.2 Å². The average Bonchev–Trinajstić information content (AvgIpc) is 2.25. The van der Waals surface area contributed by atoms with Gasteiger partial charge in [-0.15, -0.1) is 13.2 Å². The van der Waals surface area contributed by atoms with Crippen LogP contribution in [0.25, 0.3) is 10.9 Å². The Hall–Kier alpha value is -2.11. The van der Waals surface area contributed by atoms with E-state index in [4.69, 9.17) is 0 Å². The second-order valence-corrected chi connectivity index (χ2v) is 3.78. The number of alkyl halides is 3. The molecule has 1 aromatic carbocycles. The maximum absolute atomic E-state index is 12.9. The number of pyridine rings is 1. The Kier molecular flexibility index (Phi) is 2.73. The summed E-state index contributed by atoms with van der Waals surface area (Å²) < 4.78 is 38.3. The number of Topliss-reactive ketones (excluding diaryl/α,β-unsaturated/α-hetero) is 1. The largest absolute Gasteiger partial charge is 0.491 e. The van der Waals surface area contributed by atoms with Crippen molar-refractivity contribution in [2.45, 2.75) is 13.2 Å². The SMILES string of the molecule is CC(=O)c1cc2ccccc2n(C(F)(F)F)c1=O. The minimum atomic E-state index is -4.86. The predicted molar refractivity (Wildman–Crippen MR) is 59.5 cm³/mol. The first-order chi connectivity index (χ1) is 8.32. The van der Waals surface area contributed by atoms with Gasteiger partial charge in [0, 0.05) is 0 Å². The molecule has 0 atom stereocenters. The lowest BCUT2D eigenvalue weighted by molar-refractivity contribution is -0.203. The second kappa shape index (κ2) is 3.97. The highest BCUT2D eigenvalue weighted by Gasteiger charge is 2.34. The van der Waals surface area contributed by atoms with Crippen LogP contribution in [-0.4, -0.2) is 10.4 Å². The van der Waals surface area contributed by atoms with Crippen LogP contribution >= 0.6 is 0 Å². The van der Waals surface area contributed by atoms with Crippen molar-refractivity contribution in [1.82, 2.24) is 4.57 Å². The van der Waals surface area contributed by atoms with E-state index in [2.05, 4.69) is 0 Å². The van der Waals surface area contributed by atoms with Crippen LogP contribution in [0.5, 0.6) is 0 Å². The van der Waals surface area contributed by atoms with E-state index in [-0.39, 0.29) is 15.5 Å². The van der Waals surface area contributed by atoms with E-state index in [1.807, 2.05) is 0 Å². The smallest absolute Gasteiger partial charge is 0.294 e. The number of rotatable bonds is 1. The zero-order valence-corrected chi connectivity index (χ0v) is 9.28. The molecule has 2 aromatic rings. The number of hydrogen-bond acceptors (Lipinski definition) is 2. The van der Waals surface area contributed by atoms with E-state index >= 15 is 0 Å². The van der Waals surface area contributed by atoms with E-state index in [1.54, 1.807) is 0 Å². The fraction of sp³-hybridized carbons (Fsp3) is 0.167. The number of hydrogen-bond donors (Lipinski definition) is 0. The molecule has 3 nitrogen and oxygen atoms in total. The first-order valence-electron chi connectivity index (χ1n) is 5.05. The van der Waals surface area contributed by atoms with E-state index in [1.165, 1.54) is 30.3 Å². The number of carbonyl (C=O) groups is 1. The van der Waals surface area contributed by atoms with Crippen LogP contribution in [0.3, 0.4) is 0 Å². The van der Waals surface area contributed by atoms with Gasteiger partial charge in [-0.3, -0.25) is 9.59 Å². The number of fused-ring (bicyclic) bond motifs is 1. The molecule has 0 spiro atoms. The molecule has 18 heavy (non-hydrogen) atoms. The Morgan fingerprint density at radius 3 is 2.39 bits per heavy atom. The van der Waals surface area contributed by atoms with Gasteiger partial charge in [0.05, 0.1) is 11.1 Å². The molecule has 2 rings (SSSR count). The van der Waals surface area contributed by atoms with Gasteiger partial charge in [-0.1, -0.05) is 18.2 Å². The minimum Gasteiger partial charge on any atom is -0.294 e. The maximum Gasteiger partial charge on any atom is 0.491 e. The summed E-state index contributed by atoms with van der Waals surface area (Å²) >= 11 is 0. The van der Waals surface area contributed by atoms with Crippen LogP contribution < -0.4 is 5.56 Å². The molecule has 0 aliphatic rings. The third kappa shape index (κ3) is 1.90. The van der Waals surface area contributed by atoms with Crippen molar-refractivity contribution in [3.05, 3.63) is 46.2 Å².